The molecule has 30 heavy (non-hydrogen) atoms. The first-order valence-corrected chi connectivity index (χ1v) is 10.7. The van der Waals surface area contributed by atoms with Crippen molar-refractivity contribution in [1.29, 1.82) is 0 Å². The maximum atomic E-state index is 13.5. The highest BCUT2D eigenvalue weighted by atomic mass is 16.1. The average molecular weight is 398 g/mol. The van der Waals surface area contributed by atoms with Gasteiger partial charge in [-0.05, 0) is 41.0 Å². The first kappa shape index (κ1) is 19.0. The van der Waals surface area contributed by atoms with Crippen molar-refractivity contribution in [2.45, 2.75) is 51.6 Å². The molecule has 2 aromatic carbocycles. The minimum atomic E-state index is -0.493. The molecular formula is C26H27N3O. The number of fused-ring (bicyclic) bond motifs is 1. The molecule has 0 fully saturated rings. The van der Waals surface area contributed by atoms with Gasteiger partial charge in [-0.2, -0.15) is 10.2 Å². The lowest BCUT2D eigenvalue weighted by Crippen LogP contribution is -2.51. The fourth-order valence-electron chi connectivity index (χ4n) is 5.48. The Morgan fingerprint density at radius 1 is 1.03 bits per heavy atom. The zero-order chi connectivity index (χ0) is 20.9. The van der Waals surface area contributed by atoms with Crippen molar-refractivity contribution >= 4 is 5.78 Å². The average Bonchev–Trinajstić information content (AvgIpc) is 3.21. The smallest absolute Gasteiger partial charge is 0.164 e. The summed E-state index contributed by atoms with van der Waals surface area (Å²) in [6.45, 7) is 6.51. The van der Waals surface area contributed by atoms with Crippen LogP contribution >= 0.6 is 0 Å². The summed E-state index contributed by atoms with van der Waals surface area (Å²) in [7, 11) is 0. The summed E-state index contributed by atoms with van der Waals surface area (Å²) < 4.78 is 0. The molecule has 1 N–H and O–H groups in total. The molecule has 4 nitrogen and oxygen atoms in total. The molecule has 0 saturated heterocycles. The Balaban J connectivity index is 1.74. The molecule has 5 rings (SSSR count). The van der Waals surface area contributed by atoms with Crippen molar-refractivity contribution in [3.05, 3.63) is 83.2 Å². The SMILES string of the molecule is CC[C@]1(c2cccc(-c3ccccc3)c2)C2=CN=NC2NC2=C1C(=O)CC(C)(C)C2. The van der Waals surface area contributed by atoms with Gasteiger partial charge in [-0.3, -0.25) is 4.79 Å². The van der Waals surface area contributed by atoms with E-state index in [-0.39, 0.29) is 17.4 Å². The van der Waals surface area contributed by atoms with Gasteiger partial charge in [-0.25, -0.2) is 0 Å². The van der Waals surface area contributed by atoms with Gasteiger partial charge in [-0.15, -0.1) is 0 Å². The molecule has 0 bridgehead atoms. The van der Waals surface area contributed by atoms with Gasteiger partial charge in [-0.1, -0.05) is 69.3 Å². The van der Waals surface area contributed by atoms with Crippen LogP contribution in [0.3, 0.4) is 0 Å². The van der Waals surface area contributed by atoms with Crippen LogP contribution in [0, 0.1) is 5.41 Å². The third kappa shape index (κ3) is 2.78. The molecule has 0 aromatic heterocycles. The van der Waals surface area contributed by atoms with E-state index in [1.54, 1.807) is 0 Å². The van der Waals surface area contributed by atoms with E-state index >= 15 is 0 Å². The molecule has 1 aliphatic carbocycles. The number of nitrogens with one attached hydrogen (secondary N) is 1. The van der Waals surface area contributed by atoms with Crippen LogP contribution in [0.15, 0.2) is 87.9 Å². The van der Waals surface area contributed by atoms with Gasteiger partial charge >= 0.3 is 0 Å². The lowest BCUT2D eigenvalue weighted by atomic mass is 9.58. The Hall–Kier alpha value is -3.01. The second-order valence-corrected chi connectivity index (χ2v) is 9.36. The number of allylic oxidation sites excluding steroid dienone is 2. The maximum Gasteiger partial charge on any atom is 0.164 e. The highest BCUT2D eigenvalue weighted by Gasteiger charge is 2.52. The summed E-state index contributed by atoms with van der Waals surface area (Å²) in [4.78, 5) is 13.5. The number of hydrogen-bond acceptors (Lipinski definition) is 4. The summed E-state index contributed by atoms with van der Waals surface area (Å²) >= 11 is 0. The lowest BCUT2D eigenvalue weighted by molar-refractivity contribution is -0.119. The molecule has 4 heteroatoms. The van der Waals surface area contributed by atoms with E-state index in [0.29, 0.717) is 6.42 Å². The number of benzene rings is 2. The van der Waals surface area contributed by atoms with E-state index in [9.17, 15) is 4.79 Å². The monoisotopic (exact) mass is 397 g/mol. The van der Waals surface area contributed by atoms with Crippen LogP contribution in [0.4, 0.5) is 0 Å². The molecule has 0 spiro atoms. The first-order chi connectivity index (χ1) is 14.4. The number of nitrogens with zero attached hydrogens (tertiary/aromatic N) is 2. The number of carbonyl (C=O) groups excluding carboxylic acids is 1. The number of carbonyl (C=O) groups is 1. The molecule has 0 saturated carbocycles. The highest BCUT2D eigenvalue weighted by Crippen LogP contribution is 2.53. The Morgan fingerprint density at radius 3 is 2.57 bits per heavy atom. The van der Waals surface area contributed by atoms with Crippen LogP contribution < -0.4 is 5.32 Å². The van der Waals surface area contributed by atoms with Crippen LogP contribution in [0.2, 0.25) is 0 Å². The fraction of sp³-hybridized carbons (Fsp3) is 0.346. The molecule has 2 atom stereocenters. The minimum absolute atomic E-state index is 0.0503. The van der Waals surface area contributed by atoms with Crippen molar-refractivity contribution in [2.75, 3.05) is 0 Å². The highest BCUT2D eigenvalue weighted by molar-refractivity contribution is 6.01. The van der Waals surface area contributed by atoms with Gasteiger partial charge < -0.3 is 5.32 Å². The van der Waals surface area contributed by atoms with Crippen molar-refractivity contribution in [2.24, 2.45) is 15.6 Å². The lowest BCUT2D eigenvalue weighted by Gasteiger charge is -2.47. The zero-order valence-electron chi connectivity index (χ0n) is 17.8. The molecule has 2 aromatic rings. The Kier molecular flexibility index (Phi) is 4.28. The summed E-state index contributed by atoms with van der Waals surface area (Å²) in [6, 6.07) is 19.1. The second-order valence-electron chi connectivity index (χ2n) is 9.36. The number of Topliss-reactive ketones (excluding diaryl/α,β-unsaturated/α-hetero) is 1. The van der Waals surface area contributed by atoms with E-state index in [1.165, 1.54) is 5.56 Å². The Morgan fingerprint density at radius 2 is 1.80 bits per heavy atom. The number of hydrogen-bond donors (Lipinski definition) is 1. The summed E-state index contributed by atoms with van der Waals surface area (Å²) in [5.41, 5.74) is 6.00. The molecule has 152 valence electrons. The molecule has 0 amide bonds. The van der Waals surface area contributed by atoms with Gasteiger partial charge in [0, 0.05) is 23.3 Å². The maximum absolute atomic E-state index is 13.5. The standard InChI is InChI=1S/C26H27N3O/c1-4-26(19-12-8-11-18(13-19)17-9-6-5-7-10-17)20-16-27-29-24(20)28-21-14-25(2,3)15-22(30)23(21)26/h5-13,16,24,28H,4,14-15H2,1-3H3/t24?,26-/m0/s1. The quantitative estimate of drug-likeness (QED) is 0.698. The number of ketones is 1. The van der Waals surface area contributed by atoms with E-state index in [0.717, 1.165) is 40.8 Å². The van der Waals surface area contributed by atoms with Crippen LogP contribution in [-0.2, 0) is 10.2 Å². The summed E-state index contributed by atoms with van der Waals surface area (Å²) in [5.74, 6) is 0.243. The number of rotatable bonds is 3. The van der Waals surface area contributed by atoms with Crippen molar-refractivity contribution in [3.63, 3.8) is 0 Å². The van der Waals surface area contributed by atoms with E-state index in [4.69, 9.17) is 0 Å². The summed E-state index contributed by atoms with van der Waals surface area (Å²) in [6.07, 6.45) is 3.90. The van der Waals surface area contributed by atoms with Gasteiger partial charge in [0.2, 0.25) is 0 Å². The molecule has 3 aliphatic rings. The van der Waals surface area contributed by atoms with E-state index in [1.807, 2.05) is 12.3 Å². The predicted molar refractivity (Wildman–Crippen MR) is 119 cm³/mol. The Bertz CT molecular complexity index is 1110. The summed E-state index contributed by atoms with van der Waals surface area (Å²) in [5, 5.41) is 12.2. The fourth-order valence-corrected chi connectivity index (χ4v) is 5.48. The van der Waals surface area contributed by atoms with E-state index in [2.05, 4.69) is 84.8 Å². The first-order valence-electron chi connectivity index (χ1n) is 10.7. The Labute approximate surface area is 177 Å². The third-order valence-electron chi connectivity index (χ3n) is 6.77. The van der Waals surface area contributed by atoms with Crippen LogP contribution in [0.5, 0.6) is 0 Å². The van der Waals surface area contributed by atoms with E-state index < -0.39 is 5.41 Å². The molecule has 2 heterocycles. The second kappa shape index (κ2) is 6.76. The van der Waals surface area contributed by atoms with Crippen molar-refractivity contribution in [3.8, 4) is 11.1 Å². The topological polar surface area (TPSA) is 53.8 Å². The van der Waals surface area contributed by atoms with Crippen molar-refractivity contribution < 1.29 is 4.79 Å². The zero-order valence-corrected chi connectivity index (χ0v) is 17.8. The predicted octanol–water partition coefficient (Wildman–Crippen LogP) is 5.92. The largest absolute Gasteiger partial charge is 0.362 e. The molecule has 2 aliphatic heterocycles. The normalized spacial score (nSPS) is 26.7. The van der Waals surface area contributed by atoms with Crippen molar-refractivity contribution in [1.82, 2.24) is 5.32 Å². The van der Waals surface area contributed by atoms with Crippen LogP contribution in [0.1, 0.15) is 45.6 Å². The minimum Gasteiger partial charge on any atom is -0.362 e. The third-order valence-corrected chi connectivity index (χ3v) is 6.77. The van der Waals surface area contributed by atoms with Crippen LogP contribution in [-0.4, -0.2) is 11.9 Å². The van der Waals surface area contributed by atoms with Gasteiger partial charge in [0.25, 0.3) is 0 Å². The van der Waals surface area contributed by atoms with Gasteiger partial charge in [0.15, 0.2) is 11.9 Å². The van der Waals surface area contributed by atoms with Gasteiger partial charge in [0.1, 0.15) is 0 Å². The molecule has 0 radical (unpaired) electrons. The molecule has 1 unspecified atom stereocenters. The van der Waals surface area contributed by atoms with Gasteiger partial charge in [0.05, 0.1) is 11.6 Å². The number of azo groups is 1. The van der Waals surface area contributed by atoms with Crippen LogP contribution in [0.25, 0.3) is 11.1 Å². The molecular weight excluding hydrogens is 370 g/mol.